The first kappa shape index (κ1) is 22.9. The third-order valence-electron chi connectivity index (χ3n) is 3.14. The summed E-state index contributed by atoms with van der Waals surface area (Å²) in [5.41, 5.74) is 0.636. The number of methoxy groups -OCH3 is 2. The Labute approximate surface area is 173 Å². The third-order valence-corrected chi connectivity index (χ3v) is 4.02. The molecule has 1 amide bonds. The van der Waals surface area contributed by atoms with Gasteiger partial charge >= 0.3 is 0 Å². The van der Waals surface area contributed by atoms with E-state index < -0.39 is 9.96 Å². The lowest BCUT2D eigenvalue weighted by Gasteiger charge is -2.28. The summed E-state index contributed by atoms with van der Waals surface area (Å²) in [6.07, 6.45) is -0.701. The van der Waals surface area contributed by atoms with E-state index in [4.69, 9.17) is 56.5 Å². The molecule has 1 aromatic carbocycles. The van der Waals surface area contributed by atoms with Crippen molar-refractivity contribution < 1.29 is 14.3 Å². The highest BCUT2D eigenvalue weighted by Gasteiger charge is 2.34. The smallest absolute Gasteiger partial charge is 0.228 e. The molecule has 1 aromatic rings. The molecule has 0 bridgehead atoms. The molecule has 26 heavy (non-hydrogen) atoms. The number of carbonyl (C=O) groups is 1. The number of anilines is 1. The van der Waals surface area contributed by atoms with Crippen molar-refractivity contribution in [3.05, 3.63) is 18.2 Å². The van der Waals surface area contributed by atoms with Gasteiger partial charge in [-0.25, -0.2) is 0 Å². The van der Waals surface area contributed by atoms with Crippen LogP contribution in [-0.2, 0) is 4.79 Å². The summed E-state index contributed by atoms with van der Waals surface area (Å²) in [6.45, 7) is 3.83. The maximum atomic E-state index is 12.0. The minimum absolute atomic E-state index is 0.165. The molecule has 0 heterocycles. The van der Waals surface area contributed by atoms with Crippen molar-refractivity contribution in [2.24, 2.45) is 5.92 Å². The predicted molar refractivity (Wildman–Crippen MR) is 111 cm³/mol. The van der Waals surface area contributed by atoms with Gasteiger partial charge in [-0.2, -0.15) is 0 Å². The van der Waals surface area contributed by atoms with Crippen LogP contribution in [-0.4, -0.2) is 35.2 Å². The van der Waals surface area contributed by atoms with E-state index in [0.29, 0.717) is 23.6 Å². The van der Waals surface area contributed by atoms with E-state index in [-0.39, 0.29) is 16.9 Å². The van der Waals surface area contributed by atoms with Crippen LogP contribution in [0.4, 0.5) is 5.69 Å². The zero-order chi connectivity index (χ0) is 19.9. The van der Waals surface area contributed by atoms with Crippen LogP contribution in [0.15, 0.2) is 18.2 Å². The molecule has 0 aliphatic carbocycles. The Hall–Kier alpha value is -1.15. The zero-order valence-corrected chi connectivity index (χ0v) is 17.9. The molecule has 0 unspecified atom stereocenters. The SMILES string of the molecule is COc1ccc(NC(=S)N[C@H](NC(=O)CC(C)C)C(Cl)(Cl)Cl)cc1OC. The molecular weight excluding hydrogens is 421 g/mol. The second-order valence-corrected chi connectivity index (χ2v) is 8.59. The number of rotatable bonds is 7. The van der Waals surface area contributed by atoms with Crippen molar-refractivity contribution in [1.29, 1.82) is 0 Å². The van der Waals surface area contributed by atoms with E-state index in [1.165, 1.54) is 7.11 Å². The van der Waals surface area contributed by atoms with Gasteiger partial charge < -0.3 is 25.4 Å². The number of nitrogens with one attached hydrogen (secondary N) is 3. The van der Waals surface area contributed by atoms with Gasteiger partial charge in [0.15, 0.2) is 16.6 Å². The molecule has 1 rings (SSSR count). The Bertz CT molecular complexity index is 639. The summed E-state index contributed by atoms with van der Waals surface area (Å²) in [7, 11) is 3.07. The number of alkyl halides is 3. The molecule has 3 N–H and O–H groups in total. The van der Waals surface area contributed by atoms with Crippen molar-refractivity contribution >= 4 is 63.7 Å². The number of benzene rings is 1. The molecule has 1 atom stereocenters. The van der Waals surface area contributed by atoms with E-state index in [9.17, 15) is 4.79 Å². The molecule has 0 aromatic heterocycles. The first-order chi connectivity index (χ1) is 12.1. The Morgan fingerprint density at radius 1 is 1.15 bits per heavy atom. The van der Waals surface area contributed by atoms with E-state index in [1.54, 1.807) is 25.3 Å². The summed E-state index contributed by atoms with van der Waals surface area (Å²) in [4.78, 5) is 12.0. The lowest BCUT2D eigenvalue weighted by atomic mass is 10.1. The summed E-state index contributed by atoms with van der Waals surface area (Å²) in [6, 6.07) is 5.17. The van der Waals surface area contributed by atoms with Gasteiger partial charge in [0.2, 0.25) is 9.70 Å². The fraction of sp³-hybridized carbons (Fsp3) is 0.500. The van der Waals surface area contributed by atoms with Gasteiger partial charge in [-0.15, -0.1) is 0 Å². The van der Waals surface area contributed by atoms with E-state index in [0.717, 1.165) is 0 Å². The van der Waals surface area contributed by atoms with Crippen molar-refractivity contribution in [2.75, 3.05) is 19.5 Å². The summed E-state index contributed by atoms with van der Waals surface area (Å²) < 4.78 is 8.62. The van der Waals surface area contributed by atoms with Gasteiger partial charge in [0, 0.05) is 18.2 Å². The molecule has 0 saturated heterocycles. The van der Waals surface area contributed by atoms with E-state index in [1.807, 2.05) is 13.8 Å². The van der Waals surface area contributed by atoms with E-state index >= 15 is 0 Å². The van der Waals surface area contributed by atoms with Crippen molar-refractivity contribution in [1.82, 2.24) is 10.6 Å². The number of ether oxygens (including phenoxy) is 2. The quantitative estimate of drug-likeness (QED) is 0.338. The Morgan fingerprint density at radius 2 is 1.77 bits per heavy atom. The molecular formula is C16H22Cl3N3O3S. The lowest BCUT2D eigenvalue weighted by Crippen LogP contribution is -2.56. The third kappa shape index (κ3) is 7.61. The molecule has 0 aliphatic heterocycles. The Kier molecular flexibility index (Phi) is 9.03. The Balaban J connectivity index is 2.79. The second-order valence-electron chi connectivity index (χ2n) is 5.81. The van der Waals surface area contributed by atoms with Crippen LogP contribution in [0.1, 0.15) is 20.3 Å². The van der Waals surface area contributed by atoms with Crippen LogP contribution in [0.5, 0.6) is 11.5 Å². The van der Waals surface area contributed by atoms with Crippen LogP contribution in [0.3, 0.4) is 0 Å². The number of amides is 1. The van der Waals surface area contributed by atoms with Gasteiger partial charge in [-0.3, -0.25) is 4.79 Å². The van der Waals surface area contributed by atoms with Crippen LogP contribution in [0.25, 0.3) is 0 Å². The number of halogens is 3. The molecule has 0 fully saturated rings. The fourth-order valence-electron chi connectivity index (χ4n) is 2.00. The molecule has 0 saturated carbocycles. The minimum Gasteiger partial charge on any atom is -0.493 e. The van der Waals surface area contributed by atoms with Crippen molar-refractivity contribution in [2.45, 2.75) is 30.2 Å². The summed E-state index contributed by atoms with van der Waals surface area (Å²) in [5, 5.41) is 8.53. The molecule has 0 radical (unpaired) electrons. The van der Waals surface area contributed by atoms with Gasteiger partial charge in [-0.05, 0) is 30.3 Å². The summed E-state index contributed by atoms with van der Waals surface area (Å²) in [5.74, 6) is 1.03. The van der Waals surface area contributed by atoms with Crippen LogP contribution >= 0.6 is 47.0 Å². The average molecular weight is 443 g/mol. The zero-order valence-electron chi connectivity index (χ0n) is 14.9. The van der Waals surface area contributed by atoms with Gasteiger partial charge in [0.1, 0.15) is 6.17 Å². The highest BCUT2D eigenvalue weighted by atomic mass is 35.6. The van der Waals surface area contributed by atoms with Gasteiger partial charge in [0.25, 0.3) is 0 Å². The summed E-state index contributed by atoms with van der Waals surface area (Å²) >= 11 is 23.1. The average Bonchev–Trinajstić information content (AvgIpc) is 2.52. The number of hydrogen-bond acceptors (Lipinski definition) is 4. The van der Waals surface area contributed by atoms with E-state index in [2.05, 4.69) is 16.0 Å². The van der Waals surface area contributed by atoms with Crippen molar-refractivity contribution in [3.8, 4) is 11.5 Å². The standard InChI is InChI=1S/C16H22Cl3N3O3S/c1-9(2)7-13(23)21-14(16(17,18)19)22-15(26)20-10-5-6-11(24-3)12(8-10)25-4/h5-6,8-9,14H,7H2,1-4H3,(H,21,23)(H2,20,22,26)/t14-/m0/s1. The lowest BCUT2D eigenvalue weighted by molar-refractivity contribution is -0.122. The molecule has 0 spiro atoms. The maximum absolute atomic E-state index is 12.0. The first-order valence-corrected chi connectivity index (χ1v) is 9.26. The number of hydrogen-bond donors (Lipinski definition) is 3. The number of thiocarbonyl (C=S) groups is 1. The molecule has 146 valence electrons. The highest BCUT2D eigenvalue weighted by molar-refractivity contribution is 7.80. The minimum atomic E-state index is -1.80. The topological polar surface area (TPSA) is 71.6 Å². The molecule has 0 aliphatic rings. The monoisotopic (exact) mass is 441 g/mol. The van der Waals surface area contributed by atoms with Crippen LogP contribution in [0.2, 0.25) is 0 Å². The first-order valence-electron chi connectivity index (χ1n) is 7.72. The highest BCUT2D eigenvalue weighted by Crippen LogP contribution is 2.31. The fourth-order valence-corrected chi connectivity index (χ4v) is 2.57. The molecule has 6 nitrogen and oxygen atoms in total. The largest absolute Gasteiger partial charge is 0.493 e. The predicted octanol–water partition coefficient (Wildman–Crippen LogP) is 3.85. The molecule has 10 heteroatoms. The van der Waals surface area contributed by atoms with Crippen LogP contribution in [0, 0.1) is 5.92 Å². The van der Waals surface area contributed by atoms with Gasteiger partial charge in [-0.1, -0.05) is 48.7 Å². The Morgan fingerprint density at radius 3 is 2.27 bits per heavy atom. The normalized spacial score (nSPS) is 12.3. The second kappa shape index (κ2) is 10.3. The van der Waals surface area contributed by atoms with Crippen molar-refractivity contribution in [3.63, 3.8) is 0 Å². The van der Waals surface area contributed by atoms with Gasteiger partial charge in [0.05, 0.1) is 14.2 Å². The maximum Gasteiger partial charge on any atom is 0.228 e. The number of carbonyl (C=O) groups excluding carboxylic acids is 1. The van der Waals surface area contributed by atoms with Crippen LogP contribution < -0.4 is 25.4 Å².